The van der Waals surface area contributed by atoms with Crippen molar-refractivity contribution in [1.82, 2.24) is 4.98 Å². The summed E-state index contributed by atoms with van der Waals surface area (Å²) in [4.78, 5) is 4.89. The van der Waals surface area contributed by atoms with Crippen LogP contribution in [0.5, 0.6) is 0 Å². The molecule has 2 aromatic carbocycles. The van der Waals surface area contributed by atoms with E-state index in [1.54, 1.807) is 0 Å². The molecule has 0 bridgehead atoms. The molecule has 0 unspecified atom stereocenters. The summed E-state index contributed by atoms with van der Waals surface area (Å²) in [6, 6.07) is 14.2. The molecule has 3 rings (SSSR count). The van der Waals surface area contributed by atoms with Gasteiger partial charge in [0.1, 0.15) is 0 Å². The van der Waals surface area contributed by atoms with E-state index in [0.29, 0.717) is 0 Å². The summed E-state index contributed by atoms with van der Waals surface area (Å²) in [5.41, 5.74) is 5.33. The minimum atomic E-state index is 0.733. The number of nitrogens with one attached hydrogen (secondary N) is 1. The third-order valence-corrected chi connectivity index (χ3v) is 4.59. The van der Waals surface area contributed by atoms with Crippen LogP contribution in [0.2, 0.25) is 5.02 Å². The summed E-state index contributed by atoms with van der Waals surface area (Å²) in [5.74, 6) is 0. The molecular weight excluding hydrogens is 395 g/mol. The molecule has 0 aliphatic rings. The Labute approximate surface area is 142 Å². The lowest BCUT2D eigenvalue weighted by atomic mass is 10.0. The molecule has 106 valence electrons. The second-order valence-electron chi connectivity index (χ2n) is 4.86. The third-order valence-electron chi connectivity index (χ3n) is 3.55. The fraction of sp³-hybridized carbons (Fsp3) is 0.118. The Kier molecular flexibility index (Phi) is 4.04. The first kappa shape index (κ1) is 14.6. The zero-order valence-electron chi connectivity index (χ0n) is 11.7. The van der Waals surface area contributed by atoms with E-state index in [-0.39, 0.29) is 0 Å². The number of anilines is 1. The van der Waals surface area contributed by atoms with E-state index < -0.39 is 0 Å². The van der Waals surface area contributed by atoms with Gasteiger partial charge in [0, 0.05) is 32.3 Å². The summed E-state index contributed by atoms with van der Waals surface area (Å²) in [7, 11) is 1.93. The fourth-order valence-electron chi connectivity index (χ4n) is 2.59. The van der Waals surface area contributed by atoms with Crippen LogP contribution < -0.4 is 5.32 Å². The fourth-order valence-corrected chi connectivity index (χ4v) is 3.73. The second kappa shape index (κ2) is 5.81. The van der Waals surface area contributed by atoms with Crippen molar-refractivity contribution in [2.45, 2.75) is 6.92 Å². The minimum Gasteiger partial charge on any atom is -0.387 e. The Morgan fingerprint density at radius 2 is 1.86 bits per heavy atom. The lowest BCUT2D eigenvalue weighted by Crippen LogP contribution is -2.00. The predicted molar refractivity (Wildman–Crippen MR) is 99.2 cm³/mol. The molecule has 0 aliphatic heterocycles. The molecule has 1 heterocycles. The topological polar surface area (TPSA) is 24.9 Å². The molecule has 0 aliphatic carbocycles. The number of hydrogen-bond acceptors (Lipinski definition) is 2. The standard InChI is InChI=1S/C17H14ClIN2/c1-10-15(11-6-4-3-5-7-11)21-17-13(16(10)20-2)8-12(18)9-14(17)19/h3-9H,1-2H3,(H,20,21). The maximum atomic E-state index is 6.20. The average Bonchev–Trinajstić information content (AvgIpc) is 2.47. The molecule has 1 aromatic heterocycles. The van der Waals surface area contributed by atoms with Gasteiger partial charge >= 0.3 is 0 Å². The minimum absolute atomic E-state index is 0.733. The monoisotopic (exact) mass is 408 g/mol. The van der Waals surface area contributed by atoms with Gasteiger partial charge in [-0.05, 0) is 47.2 Å². The number of pyridine rings is 1. The van der Waals surface area contributed by atoms with Crippen LogP contribution in [0, 0.1) is 10.5 Å². The van der Waals surface area contributed by atoms with E-state index >= 15 is 0 Å². The first-order chi connectivity index (χ1) is 10.1. The van der Waals surface area contributed by atoms with Gasteiger partial charge in [-0.3, -0.25) is 0 Å². The SMILES string of the molecule is CNc1c(C)c(-c2ccccc2)nc2c(I)cc(Cl)cc12. The highest BCUT2D eigenvalue weighted by molar-refractivity contribution is 14.1. The molecule has 0 atom stereocenters. The van der Waals surface area contributed by atoms with Crippen LogP contribution in [0.15, 0.2) is 42.5 Å². The van der Waals surface area contributed by atoms with E-state index in [1.165, 1.54) is 0 Å². The van der Waals surface area contributed by atoms with Gasteiger partial charge in [-0.2, -0.15) is 0 Å². The lowest BCUT2D eigenvalue weighted by Gasteiger charge is -2.15. The maximum Gasteiger partial charge on any atom is 0.0864 e. The van der Waals surface area contributed by atoms with Crippen molar-refractivity contribution < 1.29 is 0 Å². The van der Waals surface area contributed by atoms with Crippen molar-refractivity contribution in [2.24, 2.45) is 0 Å². The molecule has 21 heavy (non-hydrogen) atoms. The average molecular weight is 409 g/mol. The number of fused-ring (bicyclic) bond motifs is 1. The highest BCUT2D eigenvalue weighted by Crippen LogP contribution is 2.36. The Morgan fingerprint density at radius 3 is 2.52 bits per heavy atom. The highest BCUT2D eigenvalue weighted by atomic mass is 127. The summed E-state index contributed by atoms with van der Waals surface area (Å²) in [5, 5.41) is 5.10. The van der Waals surface area contributed by atoms with Crippen molar-refractivity contribution in [3.63, 3.8) is 0 Å². The smallest absolute Gasteiger partial charge is 0.0864 e. The normalized spacial score (nSPS) is 10.9. The van der Waals surface area contributed by atoms with Gasteiger partial charge in [0.2, 0.25) is 0 Å². The Balaban J connectivity index is 2.41. The molecule has 0 saturated carbocycles. The summed E-state index contributed by atoms with van der Waals surface area (Å²) in [6.45, 7) is 2.09. The molecule has 0 amide bonds. The number of benzene rings is 2. The first-order valence-corrected chi connectivity index (χ1v) is 8.10. The van der Waals surface area contributed by atoms with Gasteiger partial charge in [-0.15, -0.1) is 0 Å². The lowest BCUT2D eigenvalue weighted by molar-refractivity contribution is 1.31. The number of rotatable bonds is 2. The van der Waals surface area contributed by atoms with Crippen molar-refractivity contribution in [1.29, 1.82) is 0 Å². The predicted octanol–water partition coefficient (Wildman–Crippen LogP) is 5.51. The van der Waals surface area contributed by atoms with E-state index in [0.717, 1.165) is 42.0 Å². The van der Waals surface area contributed by atoms with Crippen molar-refractivity contribution in [3.05, 3.63) is 56.6 Å². The van der Waals surface area contributed by atoms with Gasteiger partial charge in [-0.25, -0.2) is 4.98 Å². The molecule has 4 heteroatoms. The highest BCUT2D eigenvalue weighted by Gasteiger charge is 2.14. The van der Waals surface area contributed by atoms with E-state index in [9.17, 15) is 0 Å². The van der Waals surface area contributed by atoms with Gasteiger partial charge < -0.3 is 5.32 Å². The molecule has 1 N–H and O–H groups in total. The zero-order chi connectivity index (χ0) is 15.0. The number of halogens is 2. The van der Waals surface area contributed by atoms with Crippen LogP contribution in [-0.2, 0) is 0 Å². The van der Waals surface area contributed by atoms with E-state index in [2.05, 4.69) is 47.0 Å². The second-order valence-corrected chi connectivity index (χ2v) is 6.46. The summed E-state index contributed by atoms with van der Waals surface area (Å²) in [6.07, 6.45) is 0. The van der Waals surface area contributed by atoms with Crippen LogP contribution in [0.4, 0.5) is 5.69 Å². The Morgan fingerprint density at radius 1 is 1.14 bits per heavy atom. The van der Waals surface area contributed by atoms with Crippen molar-refractivity contribution in [3.8, 4) is 11.3 Å². The number of aromatic nitrogens is 1. The number of hydrogen-bond donors (Lipinski definition) is 1. The van der Waals surface area contributed by atoms with Crippen LogP contribution in [0.3, 0.4) is 0 Å². The quantitative estimate of drug-likeness (QED) is 0.566. The summed E-state index contributed by atoms with van der Waals surface area (Å²) >= 11 is 8.49. The van der Waals surface area contributed by atoms with Crippen LogP contribution in [0.25, 0.3) is 22.2 Å². The Hall–Kier alpha value is -1.33. The van der Waals surface area contributed by atoms with Gasteiger partial charge in [-0.1, -0.05) is 41.9 Å². The van der Waals surface area contributed by atoms with Crippen LogP contribution in [-0.4, -0.2) is 12.0 Å². The molecule has 3 aromatic rings. The van der Waals surface area contributed by atoms with Crippen molar-refractivity contribution in [2.75, 3.05) is 12.4 Å². The first-order valence-electron chi connectivity index (χ1n) is 6.64. The van der Waals surface area contributed by atoms with E-state index in [4.69, 9.17) is 16.6 Å². The maximum absolute atomic E-state index is 6.20. The third kappa shape index (κ3) is 2.60. The van der Waals surface area contributed by atoms with Crippen LogP contribution in [0.1, 0.15) is 5.56 Å². The van der Waals surface area contributed by atoms with Gasteiger partial charge in [0.25, 0.3) is 0 Å². The van der Waals surface area contributed by atoms with Crippen LogP contribution >= 0.6 is 34.2 Å². The molecule has 0 fully saturated rings. The molecule has 0 radical (unpaired) electrons. The number of nitrogens with zero attached hydrogens (tertiary/aromatic N) is 1. The van der Waals surface area contributed by atoms with Gasteiger partial charge in [0.05, 0.1) is 11.2 Å². The zero-order valence-corrected chi connectivity index (χ0v) is 14.7. The van der Waals surface area contributed by atoms with Gasteiger partial charge in [0.15, 0.2) is 0 Å². The molecule has 0 spiro atoms. The molecular formula is C17H14ClIN2. The largest absolute Gasteiger partial charge is 0.387 e. The molecule has 2 nitrogen and oxygen atoms in total. The Bertz CT molecular complexity index is 816. The van der Waals surface area contributed by atoms with Crippen molar-refractivity contribution >= 4 is 50.8 Å². The van der Waals surface area contributed by atoms with E-state index in [1.807, 2.05) is 37.4 Å². The summed E-state index contributed by atoms with van der Waals surface area (Å²) < 4.78 is 1.06. The molecule has 0 saturated heterocycles.